The molecule has 0 saturated carbocycles. The Kier molecular flexibility index (Phi) is 6.90. The number of carbonyl (C=O) groups is 1. The Bertz CT molecular complexity index is 863. The first-order chi connectivity index (χ1) is 12.3. The topological polar surface area (TPSA) is 84.5 Å². The SMILES string of the molecule is COCCNS(=O)(=O)c1cccc(C(=O)Nc2ccccc2C(C)C)c1. The monoisotopic (exact) mass is 376 g/mol. The summed E-state index contributed by atoms with van der Waals surface area (Å²) in [4.78, 5) is 12.6. The van der Waals surface area contributed by atoms with Crippen molar-refractivity contribution in [2.24, 2.45) is 0 Å². The number of ether oxygens (including phenoxy) is 1. The van der Waals surface area contributed by atoms with Crippen LogP contribution in [-0.4, -0.2) is 34.6 Å². The van der Waals surface area contributed by atoms with E-state index in [-0.39, 0.29) is 35.4 Å². The Morgan fingerprint density at radius 3 is 2.54 bits per heavy atom. The van der Waals surface area contributed by atoms with Gasteiger partial charge < -0.3 is 10.1 Å². The maximum Gasteiger partial charge on any atom is 0.255 e. The minimum atomic E-state index is -3.69. The standard InChI is InChI=1S/C19H24N2O4S/c1-14(2)17-9-4-5-10-18(17)21-19(22)15-7-6-8-16(13-15)26(23,24)20-11-12-25-3/h4-10,13-14,20H,11-12H2,1-3H3,(H,21,22). The molecule has 140 valence electrons. The number of hydrogen-bond acceptors (Lipinski definition) is 4. The van der Waals surface area contributed by atoms with E-state index in [1.807, 2.05) is 38.1 Å². The third kappa shape index (κ3) is 5.14. The van der Waals surface area contributed by atoms with Crippen molar-refractivity contribution in [1.82, 2.24) is 4.72 Å². The molecule has 2 rings (SSSR count). The van der Waals surface area contributed by atoms with Gasteiger partial charge in [-0.15, -0.1) is 0 Å². The van der Waals surface area contributed by atoms with Gasteiger partial charge >= 0.3 is 0 Å². The van der Waals surface area contributed by atoms with Gasteiger partial charge in [0.15, 0.2) is 0 Å². The molecule has 0 saturated heterocycles. The first-order valence-electron chi connectivity index (χ1n) is 8.34. The second-order valence-corrected chi connectivity index (χ2v) is 7.88. The summed E-state index contributed by atoms with van der Waals surface area (Å²) in [5, 5.41) is 2.86. The molecule has 0 radical (unpaired) electrons. The van der Waals surface area contributed by atoms with Gasteiger partial charge in [-0.3, -0.25) is 4.79 Å². The zero-order valence-electron chi connectivity index (χ0n) is 15.2. The van der Waals surface area contributed by atoms with Gasteiger partial charge in [0.1, 0.15) is 0 Å². The van der Waals surface area contributed by atoms with Crippen LogP contribution in [0, 0.1) is 0 Å². The molecule has 0 fully saturated rings. The quantitative estimate of drug-likeness (QED) is 0.694. The van der Waals surface area contributed by atoms with Crippen LogP contribution in [0.25, 0.3) is 0 Å². The molecule has 7 heteroatoms. The first kappa shape index (κ1) is 20.1. The highest BCUT2D eigenvalue weighted by molar-refractivity contribution is 7.89. The predicted molar refractivity (Wildman–Crippen MR) is 102 cm³/mol. The van der Waals surface area contributed by atoms with E-state index < -0.39 is 10.0 Å². The molecule has 2 aromatic carbocycles. The number of nitrogens with one attached hydrogen (secondary N) is 2. The van der Waals surface area contributed by atoms with Gasteiger partial charge in [0.2, 0.25) is 10.0 Å². The minimum Gasteiger partial charge on any atom is -0.383 e. The van der Waals surface area contributed by atoms with E-state index in [0.717, 1.165) is 11.3 Å². The molecule has 0 unspecified atom stereocenters. The Hall–Kier alpha value is -2.22. The summed E-state index contributed by atoms with van der Waals surface area (Å²) in [6.07, 6.45) is 0. The van der Waals surface area contributed by atoms with E-state index in [1.54, 1.807) is 12.1 Å². The molecular weight excluding hydrogens is 352 g/mol. The Labute approximate surface area is 154 Å². The molecule has 0 aliphatic carbocycles. The van der Waals surface area contributed by atoms with Gasteiger partial charge in [0.25, 0.3) is 5.91 Å². The fourth-order valence-corrected chi connectivity index (χ4v) is 3.53. The zero-order valence-corrected chi connectivity index (χ0v) is 16.0. The highest BCUT2D eigenvalue weighted by Crippen LogP contribution is 2.24. The molecule has 1 amide bonds. The summed E-state index contributed by atoms with van der Waals surface area (Å²) < 4.78 is 31.8. The zero-order chi connectivity index (χ0) is 19.2. The summed E-state index contributed by atoms with van der Waals surface area (Å²) in [6.45, 7) is 4.52. The van der Waals surface area contributed by atoms with Crippen LogP contribution in [0.3, 0.4) is 0 Å². The number of amides is 1. The van der Waals surface area contributed by atoms with Gasteiger partial charge in [-0.1, -0.05) is 38.1 Å². The van der Waals surface area contributed by atoms with Crippen LogP contribution >= 0.6 is 0 Å². The number of rotatable bonds is 8. The molecule has 0 bridgehead atoms. The van der Waals surface area contributed by atoms with Crippen LogP contribution in [-0.2, 0) is 14.8 Å². The Balaban J connectivity index is 2.21. The lowest BCUT2D eigenvalue weighted by Gasteiger charge is -2.14. The summed E-state index contributed by atoms with van der Waals surface area (Å²) in [5.41, 5.74) is 2.02. The number of sulfonamides is 1. The van der Waals surface area contributed by atoms with E-state index >= 15 is 0 Å². The lowest BCUT2D eigenvalue weighted by molar-refractivity contribution is 0.102. The molecule has 0 aromatic heterocycles. The lowest BCUT2D eigenvalue weighted by Crippen LogP contribution is -2.27. The van der Waals surface area contributed by atoms with E-state index in [4.69, 9.17) is 4.74 Å². The average molecular weight is 376 g/mol. The van der Waals surface area contributed by atoms with Crippen molar-refractivity contribution in [1.29, 1.82) is 0 Å². The Morgan fingerprint density at radius 1 is 1.12 bits per heavy atom. The van der Waals surface area contributed by atoms with Gasteiger partial charge in [-0.2, -0.15) is 0 Å². The number of hydrogen-bond donors (Lipinski definition) is 2. The fraction of sp³-hybridized carbons (Fsp3) is 0.316. The van der Waals surface area contributed by atoms with E-state index in [9.17, 15) is 13.2 Å². The van der Waals surface area contributed by atoms with Gasteiger partial charge in [0.05, 0.1) is 11.5 Å². The Morgan fingerprint density at radius 2 is 1.85 bits per heavy atom. The van der Waals surface area contributed by atoms with Crippen molar-refractivity contribution in [3.8, 4) is 0 Å². The maximum atomic E-state index is 12.6. The second-order valence-electron chi connectivity index (χ2n) is 6.11. The average Bonchev–Trinajstić information content (AvgIpc) is 2.62. The highest BCUT2D eigenvalue weighted by atomic mass is 32.2. The van der Waals surface area contributed by atoms with Crippen molar-refractivity contribution in [2.75, 3.05) is 25.6 Å². The predicted octanol–water partition coefficient (Wildman–Crippen LogP) is 2.99. The molecule has 2 N–H and O–H groups in total. The fourth-order valence-electron chi connectivity index (χ4n) is 2.47. The number of anilines is 1. The number of benzene rings is 2. The van der Waals surface area contributed by atoms with Crippen LogP contribution in [0.2, 0.25) is 0 Å². The van der Waals surface area contributed by atoms with Crippen LogP contribution in [0.15, 0.2) is 53.4 Å². The van der Waals surface area contributed by atoms with Crippen molar-refractivity contribution < 1.29 is 17.9 Å². The molecule has 0 spiro atoms. The molecule has 26 heavy (non-hydrogen) atoms. The second kappa shape index (κ2) is 8.93. The summed E-state index contributed by atoms with van der Waals surface area (Å²) >= 11 is 0. The maximum absolute atomic E-state index is 12.6. The third-order valence-corrected chi connectivity index (χ3v) is 5.29. The molecule has 2 aromatic rings. The van der Waals surface area contributed by atoms with Gasteiger partial charge in [-0.25, -0.2) is 13.1 Å². The van der Waals surface area contributed by atoms with E-state index in [1.165, 1.54) is 19.2 Å². The van der Waals surface area contributed by atoms with E-state index in [2.05, 4.69) is 10.0 Å². The summed E-state index contributed by atoms with van der Waals surface area (Å²) in [7, 11) is -2.20. The molecule has 0 aliphatic rings. The largest absolute Gasteiger partial charge is 0.383 e. The molecule has 0 atom stereocenters. The minimum absolute atomic E-state index is 0.0402. The van der Waals surface area contributed by atoms with Gasteiger partial charge in [0, 0.05) is 24.9 Å². The highest BCUT2D eigenvalue weighted by Gasteiger charge is 2.17. The number of carbonyl (C=O) groups excluding carboxylic acids is 1. The molecule has 6 nitrogen and oxygen atoms in total. The van der Waals surface area contributed by atoms with Crippen LogP contribution in [0.1, 0.15) is 35.7 Å². The molecule has 0 aliphatic heterocycles. The smallest absolute Gasteiger partial charge is 0.255 e. The van der Waals surface area contributed by atoms with E-state index in [0.29, 0.717) is 0 Å². The third-order valence-electron chi connectivity index (χ3n) is 3.84. The first-order valence-corrected chi connectivity index (χ1v) is 9.82. The molecular formula is C19H24N2O4S. The van der Waals surface area contributed by atoms with Crippen molar-refractivity contribution in [2.45, 2.75) is 24.7 Å². The normalized spacial score (nSPS) is 11.5. The van der Waals surface area contributed by atoms with Crippen molar-refractivity contribution in [3.05, 3.63) is 59.7 Å². The van der Waals surface area contributed by atoms with Gasteiger partial charge in [-0.05, 0) is 35.7 Å². The van der Waals surface area contributed by atoms with Crippen molar-refractivity contribution in [3.63, 3.8) is 0 Å². The van der Waals surface area contributed by atoms with Crippen molar-refractivity contribution >= 4 is 21.6 Å². The van der Waals surface area contributed by atoms with Crippen LogP contribution in [0.4, 0.5) is 5.69 Å². The lowest BCUT2D eigenvalue weighted by atomic mass is 10.0. The van der Waals surface area contributed by atoms with Crippen LogP contribution < -0.4 is 10.0 Å². The molecule has 0 heterocycles. The van der Waals surface area contributed by atoms with Crippen LogP contribution in [0.5, 0.6) is 0 Å². The number of para-hydroxylation sites is 1. The summed E-state index contributed by atoms with van der Waals surface area (Å²) in [6, 6.07) is 13.5. The number of methoxy groups -OCH3 is 1. The summed E-state index contributed by atoms with van der Waals surface area (Å²) in [5.74, 6) is -0.102.